The second-order valence-corrected chi connectivity index (χ2v) is 2.15. The van der Waals surface area contributed by atoms with E-state index in [1.807, 2.05) is 0 Å². The molecule has 0 spiro atoms. The van der Waals surface area contributed by atoms with E-state index in [0.717, 1.165) is 0 Å². The molecule has 0 aliphatic carbocycles. The fraction of sp³-hybridized carbons (Fsp3) is 0.125. The lowest BCUT2D eigenvalue weighted by atomic mass is 10.1. The predicted octanol–water partition coefficient (Wildman–Crippen LogP) is 1.63. The van der Waals surface area contributed by atoms with Crippen molar-refractivity contribution in [1.82, 2.24) is 0 Å². The fourth-order valence-electron chi connectivity index (χ4n) is 0.739. The zero-order valence-electron chi connectivity index (χ0n) is 5.89. The summed E-state index contributed by atoms with van der Waals surface area (Å²) in [6.07, 6.45) is 0. The molecular formula is C8H6FO2. The number of carboxylic acids is 1. The first-order chi connectivity index (χ1) is 5.13. The molecule has 1 aromatic carbocycles. The molecule has 11 heavy (non-hydrogen) atoms. The minimum atomic E-state index is -1.29. The summed E-state index contributed by atoms with van der Waals surface area (Å²) in [6, 6.07) is 5.17. The highest BCUT2D eigenvalue weighted by molar-refractivity contribution is 5.87. The quantitative estimate of drug-likeness (QED) is 0.665. The average molecular weight is 153 g/mol. The monoisotopic (exact) mass is 153 g/mol. The van der Waals surface area contributed by atoms with Gasteiger partial charge in [0, 0.05) is 6.07 Å². The van der Waals surface area contributed by atoms with Crippen molar-refractivity contribution in [3.05, 3.63) is 35.1 Å². The lowest BCUT2D eigenvalue weighted by Crippen LogP contribution is -2.01. The summed E-state index contributed by atoms with van der Waals surface area (Å²) in [5, 5.41) is 8.42. The molecule has 0 aliphatic rings. The molecule has 0 fully saturated rings. The summed E-state index contributed by atoms with van der Waals surface area (Å²) in [5.41, 5.74) is -0.0776. The topological polar surface area (TPSA) is 37.3 Å². The van der Waals surface area contributed by atoms with Crippen LogP contribution in [0.5, 0.6) is 0 Å². The Morgan fingerprint density at radius 3 is 2.82 bits per heavy atom. The Balaban J connectivity index is 3.27. The van der Waals surface area contributed by atoms with E-state index in [2.05, 4.69) is 6.07 Å². The van der Waals surface area contributed by atoms with Gasteiger partial charge in [0.15, 0.2) is 0 Å². The number of benzene rings is 1. The van der Waals surface area contributed by atoms with E-state index < -0.39 is 17.3 Å². The lowest BCUT2D eigenvalue weighted by Gasteiger charge is -1.97. The van der Waals surface area contributed by atoms with Crippen LogP contribution in [0.25, 0.3) is 0 Å². The third-order valence-electron chi connectivity index (χ3n) is 1.34. The first kappa shape index (κ1) is 7.72. The molecule has 57 valence electrons. The van der Waals surface area contributed by atoms with Gasteiger partial charge in [-0.1, -0.05) is 12.1 Å². The third kappa shape index (κ3) is 1.37. The minimum absolute atomic E-state index is 0.321. The highest BCUT2D eigenvalue weighted by atomic mass is 19.1. The van der Waals surface area contributed by atoms with Gasteiger partial charge >= 0.3 is 5.97 Å². The molecule has 0 bridgehead atoms. The summed E-state index contributed by atoms with van der Waals surface area (Å²) in [6.45, 7) is 1.51. The van der Waals surface area contributed by atoms with E-state index in [0.29, 0.717) is 5.56 Å². The molecule has 1 aromatic rings. The Morgan fingerprint density at radius 1 is 1.73 bits per heavy atom. The van der Waals surface area contributed by atoms with E-state index in [9.17, 15) is 9.18 Å². The van der Waals surface area contributed by atoms with Crippen molar-refractivity contribution in [1.29, 1.82) is 0 Å². The molecule has 1 radical (unpaired) electrons. The first-order valence-electron chi connectivity index (χ1n) is 3.03. The molecule has 0 saturated carbocycles. The highest BCUT2D eigenvalue weighted by Gasteiger charge is 2.10. The van der Waals surface area contributed by atoms with Crippen LogP contribution in [0.15, 0.2) is 12.1 Å². The predicted molar refractivity (Wildman–Crippen MR) is 36.9 cm³/mol. The number of carbonyl (C=O) groups is 1. The van der Waals surface area contributed by atoms with Gasteiger partial charge in [-0.15, -0.1) is 0 Å². The summed E-state index contributed by atoms with van der Waals surface area (Å²) >= 11 is 0. The van der Waals surface area contributed by atoms with Crippen molar-refractivity contribution in [3.63, 3.8) is 0 Å². The van der Waals surface area contributed by atoms with Crippen LogP contribution < -0.4 is 0 Å². The molecule has 0 atom stereocenters. The smallest absolute Gasteiger partial charge is 0.339 e. The van der Waals surface area contributed by atoms with Crippen LogP contribution in [0.4, 0.5) is 4.39 Å². The lowest BCUT2D eigenvalue weighted by molar-refractivity contribution is 0.0691. The van der Waals surface area contributed by atoms with Gasteiger partial charge in [-0.25, -0.2) is 9.18 Å². The fourth-order valence-corrected chi connectivity index (χ4v) is 0.739. The van der Waals surface area contributed by atoms with Gasteiger partial charge in [-0.2, -0.15) is 0 Å². The normalized spacial score (nSPS) is 9.64. The van der Waals surface area contributed by atoms with Gasteiger partial charge in [0.2, 0.25) is 0 Å². The Labute approximate surface area is 63.3 Å². The van der Waals surface area contributed by atoms with Gasteiger partial charge in [-0.05, 0) is 12.5 Å². The van der Waals surface area contributed by atoms with Crippen LogP contribution in [0.3, 0.4) is 0 Å². The SMILES string of the molecule is Cc1cc[c]c(C(=O)O)c1F. The van der Waals surface area contributed by atoms with Crippen molar-refractivity contribution in [2.75, 3.05) is 0 Å². The second kappa shape index (κ2) is 2.70. The van der Waals surface area contributed by atoms with Gasteiger partial charge in [0.25, 0.3) is 0 Å². The van der Waals surface area contributed by atoms with Crippen molar-refractivity contribution in [2.45, 2.75) is 6.92 Å². The zero-order valence-corrected chi connectivity index (χ0v) is 5.89. The number of carboxylic acid groups (broad SMARTS) is 1. The Kier molecular flexibility index (Phi) is 1.89. The van der Waals surface area contributed by atoms with Crippen molar-refractivity contribution < 1.29 is 14.3 Å². The van der Waals surface area contributed by atoms with Gasteiger partial charge in [0.05, 0.1) is 0 Å². The molecule has 1 rings (SSSR count). The van der Waals surface area contributed by atoms with Gasteiger partial charge in [0.1, 0.15) is 11.4 Å². The highest BCUT2D eigenvalue weighted by Crippen LogP contribution is 2.10. The van der Waals surface area contributed by atoms with E-state index in [4.69, 9.17) is 5.11 Å². The van der Waals surface area contributed by atoms with Crippen LogP contribution >= 0.6 is 0 Å². The number of aryl methyl sites for hydroxylation is 1. The maximum atomic E-state index is 12.8. The number of aromatic carboxylic acids is 1. The van der Waals surface area contributed by atoms with Crippen LogP contribution in [-0.4, -0.2) is 11.1 Å². The molecule has 0 aliphatic heterocycles. The molecule has 0 saturated heterocycles. The minimum Gasteiger partial charge on any atom is -0.478 e. The molecular weight excluding hydrogens is 147 g/mol. The molecule has 3 heteroatoms. The standard InChI is InChI=1S/C8H6FO2/c1-5-3-2-4-6(7(5)9)8(10)11/h2-3H,1H3,(H,10,11). The number of rotatable bonds is 1. The molecule has 0 amide bonds. The average Bonchev–Trinajstić information content (AvgIpc) is 1.94. The Bertz CT molecular complexity index is 294. The number of halogens is 1. The zero-order chi connectivity index (χ0) is 8.43. The Hall–Kier alpha value is -1.38. The summed E-state index contributed by atoms with van der Waals surface area (Å²) in [4.78, 5) is 10.3. The number of hydrogen-bond acceptors (Lipinski definition) is 1. The van der Waals surface area contributed by atoms with E-state index in [-0.39, 0.29) is 0 Å². The van der Waals surface area contributed by atoms with Gasteiger partial charge < -0.3 is 5.11 Å². The maximum Gasteiger partial charge on any atom is 0.339 e. The van der Waals surface area contributed by atoms with E-state index in [1.54, 1.807) is 0 Å². The van der Waals surface area contributed by atoms with Gasteiger partial charge in [-0.3, -0.25) is 0 Å². The van der Waals surface area contributed by atoms with Crippen molar-refractivity contribution in [2.24, 2.45) is 0 Å². The molecule has 0 aromatic heterocycles. The summed E-state index contributed by atoms with van der Waals surface area (Å²) in [5.74, 6) is -1.99. The van der Waals surface area contributed by atoms with E-state index >= 15 is 0 Å². The third-order valence-corrected chi connectivity index (χ3v) is 1.34. The number of hydrogen-bond donors (Lipinski definition) is 1. The first-order valence-corrected chi connectivity index (χ1v) is 3.03. The molecule has 1 N–H and O–H groups in total. The van der Waals surface area contributed by atoms with Crippen LogP contribution in [-0.2, 0) is 0 Å². The van der Waals surface area contributed by atoms with E-state index in [1.165, 1.54) is 19.1 Å². The van der Waals surface area contributed by atoms with Crippen LogP contribution in [0, 0.1) is 18.8 Å². The molecule has 0 heterocycles. The molecule has 0 unspecified atom stereocenters. The van der Waals surface area contributed by atoms with Crippen LogP contribution in [0.1, 0.15) is 15.9 Å². The van der Waals surface area contributed by atoms with Crippen molar-refractivity contribution >= 4 is 5.97 Å². The summed E-state index contributed by atoms with van der Waals surface area (Å²) < 4.78 is 12.8. The Morgan fingerprint density at radius 2 is 2.36 bits per heavy atom. The maximum absolute atomic E-state index is 12.8. The molecule has 2 nitrogen and oxygen atoms in total. The van der Waals surface area contributed by atoms with Crippen molar-refractivity contribution in [3.8, 4) is 0 Å². The summed E-state index contributed by atoms with van der Waals surface area (Å²) in [7, 11) is 0. The second-order valence-electron chi connectivity index (χ2n) is 2.15. The largest absolute Gasteiger partial charge is 0.478 e. The van der Waals surface area contributed by atoms with Crippen LogP contribution in [0.2, 0.25) is 0 Å².